The first-order chi connectivity index (χ1) is 8.08. The van der Waals surface area contributed by atoms with E-state index in [1.165, 1.54) is 12.8 Å². The predicted molar refractivity (Wildman–Crippen MR) is 69.5 cm³/mol. The maximum absolute atomic E-state index is 12.5. The first-order valence-corrected chi connectivity index (χ1v) is 7.14. The van der Waals surface area contributed by atoms with Gasteiger partial charge in [-0.3, -0.25) is 4.79 Å². The standard InChI is InChI=1S/C14H26N2O/c1-10(2)7-8-16(13-5-6-13)14(17)11-3-4-12(15)9-11/h10-13H,3-9,15H2,1-2H3. The van der Waals surface area contributed by atoms with Crippen LogP contribution in [0.5, 0.6) is 0 Å². The molecule has 1 amide bonds. The molecule has 2 unspecified atom stereocenters. The molecule has 0 bridgehead atoms. The second kappa shape index (κ2) is 5.38. The van der Waals surface area contributed by atoms with Gasteiger partial charge in [0.1, 0.15) is 0 Å². The Bertz CT molecular complexity index is 273. The molecule has 2 aliphatic rings. The van der Waals surface area contributed by atoms with Crippen LogP contribution in [0.3, 0.4) is 0 Å². The summed E-state index contributed by atoms with van der Waals surface area (Å²) in [5.74, 6) is 1.29. The number of rotatable bonds is 5. The van der Waals surface area contributed by atoms with Gasteiger partial charge in [0, 0.05) is 24.5 Å². The van der Waals surface area contributed by atoms with Crippen molar-refractivity contribution >= 4 is 5.91 Å². The van der Waals surface area contributed by atoms with Gasteiger partial charge in [-0.15, -0.1) is 0 Å². The molecule has 0 aromatic rings. The van der Waals surface area contributed by atoms with Gasteiger partial charge in [-0.1, -0.05) is 13.8 Å². The fraction of sp³-hybridized carbons (Fsp3) is 0.929. The zero-order valence-corrected chi connectivity index (χ0v) is 11.2. The van der Waals surface area contributed by atoms with Gasteiger partial charge in [0.15, 0.2) is 0 Å². The molecule has 0 saturated heterocycles. The van der Waals surface area contributed by atoms with Gasteiger partial charge in [-0.25, -0.2) is 0 Å². The molecule has 2 aliphatic carbocycles. The molecule has 98 valence electrons. The van der Waals surface area contributed by atoms with Crippen LogP contribution in [-0.4, -0.2) is 29.4 Å². The third kappa shape index (κ3) is 3.44. The van der Waals surface area contributed by atoms with E-state index in [0.29, 0.717) is 17.9 Å². The molecule has 17 heavy (non-hydrogen) atoms. The van der Waals surface area contributed by atoms with Gasteiger partial charge >= 0.3 is 0 Å². The number of hydrogen-bond donors (Lipinski definition) is 1. The van der Waals surface area contributed by atoms with Gasteiger partial charge < -0.3 is 10.6 Å². The Morgan fingerprint density at radius 3 is 2.47 bits per heavy atom. The maximum atomic E-state index is 12.5. The Morgan fingerprint density at radius 1 is 1.29 bits per heavy atom. The zero-order chi connectivity index (χ0) is 12.4. The van der Waals surface area contributed by atoms with Gasteiger partial charge in [0.25, 0.3) is 0 Å². The quantitative estimate of drug-likeness (QED) is 0.797. The van der Waals surface area contributed by atoms with Crippen LogP contribution in [0.2, 0.25) is 0 Å². The Balaban J connectivity index is 1.88. The van der Waals surface area contributed by atoms with Crippen molar-refractivity contribution in [2.24, 2.45) is 17.6 Å². The summed E-state index contributed by atoms with van der Waals surface area (Å²) in [6, 6.07) is 0.813. The molecule has 0 aromatic heterocycles. The van der Waals surface area contributed by atoms with Crippen molar-refractivity contribution in [2.75, 3.05) is 6.54 Å². The maximum Gasteiger partial charge on any atom is 0.225 e. The highest BCUT2D eigenvalue weighted by Crippen LogP contribution is 2.32. The number of amides is 1. The van der Waals surface area contributed by atoms with Crippen molar-refractivity contribution in [1.29, 1.82) is 0 Å². The van der Waals surface area contributed by atoms with Crippen LogP contribution in [0, 0.1) is 11.8 Å². The second-order valence-corrected chi connectivity index (χ2v) is 6.22. The highest BCUT2D eigenvalue weighted by atomic mass is 16.2. The molecule has 0 spiro atoms. The summed E-state index contributed by atoms with van der Waals surface area (Å²) >= 11 is 0. The Kier molecular flexibility index (Phi) is 4.08. The fourth-order valence-corrected chi connectivity index (χ4v) is 2.73. The molecule has 2 saturated carbocycles. The van der Waals surface area contributed by atoms with E-state index in [1.807, 2.05) is 0 Å². The minimum atomic E-state index is 0.220. The number of nitrogens with zero attached hydrogens (tertiary/aromatic N) is 1. The van der Waals surface area contributed by atoms with Crippen LogP contribution in [0.15, 0.2) is 0 Å². The minimum absolute atomic E-state index is 0.220. The highest BCUT2D eigenvalue weighted by Gasteiger charge is 2.37. The summed E-state index contributed by atoms with van der Waals surface area (Å²) in [7, 11) is 0. The van der Waals surface area contributed by atoms with Crippen molar-refractivity contribution < 1.29 is 4.79 Å². The average Bonchev–Trinajstić information content (AvgIpc) is 3.00. The van der Waals surface area contributed by atoms with E-state index < -0.39 is 0 Å². The van der Waals surface area contributed by atoms with Crippen molar-refractivity contribution in [3.05, 3.63) is 0 Å². The van der Waals surface area contributed by atoms with E-state index >= 15 is 0 Å². The monoisotopic (exact) mass is 238 g/mol. The lowest BCUT2D eigenvalue weighted by Gasteiger charge is -2.26. The van der Waals surface area contributed by atoms with Crippen LogP contribution in [0.4, 0.5) is 0 Å². The first kappa shape index (κ1) is 12.9. The molecule has 0 heterocycles. The SMILES string of the molecule is CC(C)CCN(C(=O)C1CCC(N)C1)C1CC1. The lowest BCUT2D eigenvalue weighted by Crippen LogP contribution is -2.38. The Hall–Kier alpha value is -0.570. The van der Waals surface area contributed by atoms with E-state index in [9.17, 15) is 4.79 Å². The number of hydrogen-bond acceptors (Lipinski definition) is 2. The average molecular weight is 238 g/mol. The summed E-state index contributed by atoms with van der Waals surface area (Å²) in [4.78, 5) is 14.6. The highest BCUT2D eigenvalue weighted by molar-refractivity contribution is 5.79. The van der Waals surface area contributed by atoms with Gasteiger partial charge in [-0.05, 0) is 44.4 Å². The summed E-state index contributed by atoms with van der Waals surface area (Å²) < 4.78 is 0. The lowest BCUT2D eigenvalue weighted by molar-refractivity contribution is -0.136. The van der Waals surface area contributed by atoms with Crippen LogP contribution >= 0.6 is 0 Å². The summed E-state index contributed by atoms with van der Waals surface area (Å²) in [6.07, 6.45) is 6.49. The Labute approximate surface area is 105 Å². The normalized spacial score (nSPS) is 28.7. The Morgan fingerprint density at radius 2 is 2.00 bits per heavy atom. The lowest BCUT2D eigenvalue weighted by atomic mass is 10.0. The van der Waals surface area contributed by atoms with Gasteiger partial charge in [-0.2, -0.15) is 0 Å². The molecular formula is C14H26N2O. The smallest absolute Gasteiger partial charge is 0.225 e. The topological polar surface area (TPSA) is 46.3 Å². The summed E-state index contributed by atoms with van der Waals surface area (Å²) in [5, 5.41) is 0. The van der Waals surface area contributed by atoms with Gasteiger partial charge in [0.2, 0.25) is 5.91 Å². The molecule has 2 rings (SSSR count). The molecule has 2 atom stereocenters. The van der Waals surface area contributed by atoms with Crippen LogP contribution < -0.4 is 5.73 Å². The first-order valence-electron chi connectivity index (χ1n) is 7.14. The molecule has 0 radical (unpaired) electrons. The molecule has 0 aromatic carbocycles. The van der Waals surface area contributed by atoms with E-state index in [0.717, 1.165) is 32.2 Å². The zero-order valence-electron chi connectivity index (χ0n) is 11.2. The van der Waals surface area contributed by atoms with E-state index in [1.54, 1.807) is 0 Å². The molecule has 0 aliphatic heterocycles. The van der Waals surface area contributed by atoms with Crippen LogP contribution in [0.25, 0.3) is 0 Å². The number of carbonyl (C=O) groups is 1. The molecule has 3 heteroatoms. The van der Waals surface area contributed by atoms with E-state index in [-0.39, 0.29) is 12.0 Å². The minimum Gasteiger partial charge on any atom is -0.339 e. The molecule has 2 N–H and O–H groups in total. The second-order valence-electron chi connectivity index (χ2n) is 6.22. The molecule has 3 nitrogen and oxygen atoms in total. The summed E-state index contributed by atoms with van der Waals surface area (Å²) in [5.41, 5.74) is 5.91. The van der Waals surface area contributed by atoms with Crippen molar-refractivity contribution in [3.8, 4) is 0 Å². The van der Waals surface area contributed by atoms with Crippen molar-refractivity contribution in [1.82, 2.24) is 4.90 Å². The van der Waals surface area contributed by atoms with Crippen LogP contribution in [0.1, 0.15) is 52.4 Å². The summed E-state index contributed by atoms with van der Waals surface area (Å²) in [6.45, 7) is 5.40. The number of nitrogens with two attached hydrogens (primary N) is 1. The predicted octanol–water partition coefficient (Wildman–Crippen LogP) is 2.15. The number of carbonyl (C=O) groups excluding carboxylic acids is 1. The van der Waals surface area contributed by atoms with E-state index in [2.05, 4.69) is 18.7 Å². The fourth-order valence-electron chi connectivity index (χ4n) is 2.73. The van der Waals surface area contributed by atoms with Crippen molar-refractivity contribution in [2.45, 2.75) is 64.5 Å². The molecular weight excluding hydrogens is 212 g/mol. The van der Waals surface area contributed by atoms with E-state index in [4.69, 9.17) is 5.73 Å². The third-order valence-electron chi connectivity index (χ3n) is 4.04. The van der Waals surface area contributed by atoms with Crippen LogP contribution in [-0.2, 0) is 4.79 Å². The third-order valence-corrected chi connectivity index (χ3v) is 4.04. The molecule has 2 fully saturated rings. The van der Waals surface area contributed by atoms with Crippen molar-refractivity contribution in [3.63, 3.8) is 0 Å². The largest absolute Gasteiger partial charge is 0.339 e. The van der Waals surface area contributed by atoms with Gasteiger partial charge in [0.05, 0.1) is 0 Å².